The van der Waals surface area contributed by atoms with E-state index in [4.69, 9.17) is 9.72 Å². The van der Waals surface area contributed by atoms with E-state index in [1.165, 1.54) is 16.8 Å². The largest absolute Gasteiger partial charge is 0.435 e. The quantitative estimate of drug-likeness (QED) is 0.341. The van der Waals surface area contributed by atoms with Crippen molar-refractivity contribution in [1.29, 1.82) is 0 Å². The molecule has 2 saturated heterocycles. The van der Waals surface area contributed by atoms with Crippen LogP contribution in [0, 0.1) is 18.2 Å². The number of benzene rings is 1. The standard InChI is InChI=1S/C28H29F4N7O/c1-15-12-40-6-5-38(15)23-9-22(35-26(36-23)20-7-17(29)8-21-19(20)3-4-34-21)24-16(2)39(37-25(24)28(30,31)32)18-10-27(11-18)13-33-14-27/h3-4,7-9,15,18,33-34H,5-6,10-14H2,1-2H3/t15-/m1/s1. The number of nitrogens with zero attached hydrogens (tertiary/aromatic N) is 5. The lowest BCUT2D eigenvalue weighted by molar-refractivity contribution is -0.141. The van der Waals surface area contributed by atoms with E-state index in [2.05, 4.69) is 20.4 Å². The Hall–Kier alpha value is -3.51. The van der Waals surface area contributed by atoms with E-state index in [0.717, 1.165) is 25.9 Å². The van der Waals surface area contributed by atoms with E-state index in [9.17, 15) is 17.6 Å². The number of morpholine rings is 1. The third kappa shape index (κ3) is 4.07. The van der Waals surface area contributed by atoms with Crippen molar-refractivity contribution in [2.24, 2.45) is 5.41 Å². The highest BCUT2D eigenvalue weighted by molar-refractivity contribution is 5.94. The number of halogens is 4. The number of aromatic amines is 1. The van der Waals surface area contributed by atoms with Crippen molar-refractivity contribution in [2.75, 3.05) is 37.7 Å². The van der Waals surface area contributed by atoms with Crippen LogP contribution in [0.5, 0.6) is 0 Å². The zero-order valence-corrected chi connectivity index (χ0v) is 22.1. The maximum Gasteiger partial charge on any atom is 0.435 e. The van der Waals surface area contributed by atoms with Crippen molar-refractivity contribution in [1.82, 2.24) is 30.0 Å². The molecule has 1 aromatic carbocycles. The summed E-state index contributed by atoms with van der Waals surface area (Å²) < 4.78 is 65.2. The molecule has 40 heavy (non-hydrogen) atoms. The van der Waals surface area contributed by atoms with Gasteiger partial charge in [0.05, 0.1) is 36.6 Å². The highest BCUT2D eigenvalue weighted by Gasteiger charge is 2.51. The summed E-state index contributed by atoms with van der Waals surface area (Å²) >= 11 is 0. The molecule has 0 amide bonds. The summed E-state index contributed by atoms with van der Waals surface area (Å²) in [6, 6.07) is 5.91. The minimum absolute atomic E-state index is 0.0581. The van der Waals surface area contributed by atoms with Crippen LogP contribution < -0.4 is 10.2 Å². The fourth-order valence-electron chi connectivity index (χ4n) is 6.47. The molecule has 210 valence electrons. The van der Waals surface area contributed by atoms with Gasteiger partial charge < -0.3 is 19.9 Å². The summed E-state index contributed by atoms with van der Waals surface area (Å²) in [5, 5.41) is 8.07. The van der Waals surface area contributed by atoms with Gasteiger partial charge in [0.25, 0.3) is 0 Å². The van der Waals surface area contributed by atoms with Crippen LogP contribution in [0.4, 0.5) is 23.4 Å². The first-order valence-electron chi connectivity index (χ1n) is 13.5. The molecule has 1 saturated carbocycles. The van der Waals surface area contributed by atoms with Crippen molar-refractivity contribution < 1.29 is 22.3 Å². The summed E-state index contributed by atoms with van der Waals surface area (Å²) in [6.45, 7) is 6.86. The summed E-state index contributed by atoms with van der Waals surface area (Å²) in [5.74, 6) is 0.121. The van der Waals surface area contributed by atoms with Crippen molar-refractivity contribution in [3.05, 3.63) is 47.7 Å². The number of rotatable bonds is 4. The average Bonchev–Trinajstić information content (AvgIpc) is 3.46. The Balaban J connectivity index is 1.42. The molecule has 2 aliphatic heterocycles. The van der Waals surface area contributed by atoms with Gasteiger partial charge >= 0.3 is 6.18 Å². The van der Waals surface area contributed by atoms with Gasteiger partial charge in [-0.05, 0) is 50.3 Å². The highest BCUT2D eigenvalue weighted by atomic mass is 19.4. The van der Waals surface area contributed by atoms with Gasteiger partial charge in [-0.2, -0.15) is 18.3 Å². The SMILES string of the molecule is Cc1c(-c2cc(N3CCOC[C@H]3C)nc(-c3cc(F)cc4[nH]ccc34)n2)c(C(F)(F)F)nn1C1CC2(CNC2)C1. The van der Waals surface area contributed by atoms with Crippen LogP contribution >= 0.6 is 0 Å². The smallest absolute Gasteiger partial charge is 0.377 e. The third-order valence-electron chi connectivity index (χ3n) is 8.61. The maximum absolute atomic E-state index is 14.7. The lowest BCUT2D eigenvalue weighted by Crippen LogP contribution is -2.60. The Morgan fingerprint density at radius 3 is 2.62 bits per heavy atom. The molecular formula is C28H29F4N7O. The first kappa shape index (κ1) is 25.5. The molecule has 0 bridgehead atoms. The third-order valence-corrected chi connectivity index (χ3v) is 8.61. The van der Waals surface area contributed by atoms with Gasteiger partial charge in [-0.3, -0.25) is 4.68 Å². The number of hydrogen-bond donors (Lipinski definition) is 2. The molecule has 12 heteroatoms. The Morgan fingerprint density at radius 1 is 1.12 bits per heavy atom. The molecule has 4 aromatic rings. The fourth-order valence-corrected chi connectivity index (χ4v) is 6.47. The minimum Gasteiger partial charge on any atom is -0.377 e. The van der Waals surface area contributed by atoms with E-state index < -0.39 is 17.7 Å². The Bertz CT molecular complexity index is 1600. The Kier molecular flexibility index (Phi) is 5.73. The van der Waals surface area contributed by atoms with Crippen LogP contribution in [0.15, 0.2) is 30.5 Å². The van der Waals surface area contributed by atoms with Gasteiger partial charge in [0, 0.05) is 54.1 Å². The number of nitrogens with one attached hydrogen (secondary N) is 2. The predicted molar refractivity (Wildman–Crippen MR) is 141 cm³/mol. The van der Waals surface area contributed by atoms with Crippen LogP contribution in [0.3, 0.4) is 0 Å². The highest BCUT2D eigenvalue weighted by Crippen LogP contribution is 2.52. The number of ether oxygens (including phenoxy) is 1. The number of hydrogen-bond acceptors (Lipinski definition) is 6. The predicted octanol–water partition coefficient (Wildman–Crippen LogP) is 5.10. The van der Waals surface area contributed by atoms with Crippen molar-refractivity contribution in [3.63, 3.8) is 0 Å². The number of fused-ring (bicyclic) bond motifs is 1. The zero-order valence-electron chi connectivity index (χ0n) is 22.1. The molecule has 0 unspecified atom stereocenters. The number of alkyl halides is 3. The molecule has 7 rings (SSSR count). The molecule has 3 aliphatic rings. The zero-order chi connectivity index (χ0) is 27.8. The van der Waals surface area contributed by atoms with E-state index in [0.29, 0.717) is 47.7 Å². The van der Waals surface area contributed by atoms with E-state index in [-0.39, 0.29) is 34.6 Å². The molecule has 3 fully saturated rings. The first-order chi connectivity index (χ1) is 19.1. The second-order valence-electron chi connectivity index (χ2n) is 11.4. The summed E-state index contributed by atoms with van der Waals surface area (Å²) in [6.07, 6.45) is -1.42. The molecule has 5 heterocycles. The Labute approximate surface area is 227 Å². The van der Waals surface area contributed by atoms with Crippen LogP contribution in [0.2, 0.25) is 0 Å². The van der Waals surface area contributed by atoms with Crippen LogP contribution in [0.1, 0.15) is 37.2 Å². The molecule has 1 spiro atoms. The normalized spacial score (nSPS) is 21.1. The van der Waals surface area contributed by atoms with Crippen molar-refractivity contribution in [3.8, 4) is 22.6 Å². The maximum atomic E-state index is 14.7. The molecule has 0 radical (unpaired) electrons. The van der Waals surface area contributed by atoms with Gasteiger partial charge in [0.1, 0.15) is 11.6 Å². The van der Waals surface area contributed by atoms with Crippen LogP contribution in [-0.2, 0) is 10.9 Å². The van der Waals surface area contributed by atoms with E-state index in [1.54, 1.807) is 25.3 Å². The minimum atomic E-state index is -4.69. The van der Waals surface area contributed by atoms with Gasteiger partial charge in [0.15, 0.2) is 11.5 Å². The number of aromatic nitrogens is 5. The number of H-pyrrole nitrogens is 1. The monoisotopic (exact) mass is 555 g/mol. The first-order valence-corrected chi connectivity index (χ1v) is 13.5. The van der Waals surface area contributed by atoms with E-state index in [1.807, 2.05) is 11.8 Å². The summed E-state index contributed by atoms with van der Waals surface area (Å²) in [4.78, 5) is 14.4. The second kappa shape index (κ2) is 9.00. The molecule has 1 aliphatic carbocycles. The van der Waals surface area contributed by atoms with Gasteiger partial charge in [-0.25, -0.2) is 14.4 Å². The van der Waals surface area contributed by atoms with Gasteiger partial charge in [-0.1, -0.05) is 0 Å². The molecular weight excluding hydrogens is 526 g/mol. The summed E-state index contributed by atoms with van der Waals surface area (Å²) in [7, 11) is 0. The number of anilines is 1. The molecule has 8 nitrogen and oxygen atoms in total. The summed E-state index contributed by atoms with van der Waals surface area (Å²) in [5.41, 5.74) is 0.620. The topological polar surface area (TPSA) is 83.9 Å². The van der Waals surface area contributed by atoms with Gasteiger partial charge in [-0.15, -0.1) is 0 Å². The molecule has 2 N–H and O–H groups in total. The Morgan fingerprint density at radius 2 is 1.93 bits per heavy atom. The average molecular weight is 556 g/mol. The fraction of sp³-hybridized carbons (Fsp3) is 0.464. The lowest BCUT2D eigenvalue weighted by atomic mass is 9.61. The second-order valence-corrected chi connectivity index (χ2v) is 11.4. The molecule has 3 aromatic heterocycles. The lowest BCUT2D eigenvalue weighted by Gasteiger charge is -2.54. The van der Waals surface area contributed by atoms with Crippen LogP contribution in [-0.4, -0.2) is 63.6 Å². The van der Waals surface area contributed by atoms with Gasteiger partial charge in [0.2, 0.25) is 0 Å². The van der Waals surface area contributed by atoms with Crippen molar-refractivity contribution in [2.45, 2.75) is 44.9 Å². The van der Waals surface area contributed by atoms with Crippen LogP contribution in [0.25, 0.3) is 33.5 Å². The van der Waals surface area contributed by atoms with E-state index >= 15 is 0 Å². The van der Waals surface area contributed by atoms with Crippen molar-refractivity contribution >= 4 is 16.7 Å². The molecule has 1 atom stereocenters.